The molecule has 0 aliphatic rings. The van der Waals surface area contributed by atoms with Crippen molar-refractivity contribution < 1.29 is 0 Å². The number of fused-ring (bicyclic) bond motifs is 4. The minimum Gasteiger partial charge on any atom is -0.262 e. The SMILES string of the molecule is c1cc2nccnc2cn1.c1cnc2nccnc2n1.c1ncc2ncncc2n1.c1ncc2ncncc2n1. The molecule has 40 heavy (non-hydrogen) atoms. The lowest BCUT2D eigenvalue weighted by Gasteiger charge is -1.90. The minimum atomic E-state index is 0.588. The Kier molecular flexibility index (Phi) is 8.47. The zero-order chi connectivity index (χ0) is 27.2. The van der Waals surface area contributed by atoms with Crippen LogP contribution in [0.2, 0.25) is 0 Å². The number of hydrogen-bond acceptors (Lipinski definition) is 15. The first-order valence-electron chi connectivity index (χ1n) is 11.5. The highest BCUT2D eigenvalue weighted by atomic mass is 15.0. The van der Waals surface area contributed by atoms with Crippen LogP contribution in [0.1, 0.15) is 0 Å². The molecular weight excluding hydrogens is 510 g/mol. The highest BCUT2D eigenvalue weighted by Crippen LogP contribution is 2.03. The average Bonchev–Trinajstić information content (AvgIpc) is 3.06. The summed E-state index contributed by atoms with van der Waals surface area (Å²) < 4.78 is 0. The molecule has 15 heteroatoms. The van der Waals surface area contributed by atoms with Crippen LogP contribution in [0.5, 0.6) is 0 Å². The molecule has 0 unspecified atom stereocenters. The van der Waals surface area contributed by atoms with Crippen molar-refractivity contribution in [2.24, 2.45) is 0 Å². The Morgan fingerprint density at radius 3 is 1.00 bits per heavy atom. The van der Waals surface area contributed by atoms with Gasteiger partial charge in [0.1, 0.15) is 52.9 Å². The van der Waals surface area contributed by atoms with Crippen LogP contribution < -0.4 is 0 Å². The molecule has 0 spiro atoms. The van der Waals surface area contributed by atoms with Gasteiger partial charge in [-0.3, -0.25) is 15.0 Å². The third-order valence-corrected chi connectivity index (χ3v) is 4.76. The molecule has 8 heterocycles. The van der Waals surface area contributed by atoms with Crippen LogP contribution in [0.4, 0.5) is 0 Å². The van der Waals surface area contributed by atoms with Crippen molar-refractivity contribution in [3.8, 4) is 0 Å². The zero-order valence-corrected chi connectivity index (χ0v) is 20.5. The molecule has 8 aromatic heterocycles. The Balaban J connectivity index is 0.000000108. The van der Waals surface area contributed by atoms with Gasteiger partial charge in [0.2, 0.25) is 0 Å². The fourth-order valence-corrected chi connectivity index (χ4v) is 2.99. The van der Waals surface area contributed by atoms with Gasteiger partial charge in [-0.05, 0) is 6.07 Å². The monoisotopic (exact) mass is 527 g/mol. The average molecular weight is 528 g/mol. The lowest BCUT2D eigenvalue weighted by molar-refractivity contribution is 1.15. The van der Waals surface area contributed by atoms with Gasteiger partial charge in [-0.25, -0.2) is 59.8 Å². The van der Waals surface area contributed by atoms with Gasteiger partial charge in [0.25, 0.3) is 0 Å². The van der Waals surface area contributed by atoms with Crippen LogP contribution in [0.15, 0.2) is 106 Å². The van der Waals surface area contributed by atoms with E-state index < -0.39 is 0 Å². The summed E-state index contributed by atoms with van der Waals surface area (Å²) >= 11 is 0. The topological polar surface area (TPSA) is 193 Å². The van der Waals surface area contributed by atoms with Gasteiger partial charge in [0.05, 0.1) is 36.5 Å². The van der Waals surface area contributed by atoms with E-state index in [4.69, 9.17) is 0 Å². The normalized spacial score (nSPS) is 10.0. The van der Waals surface area contributed by atoms with E-state index in [1.165, 1.54) is 25.3 Å². The molecule has 0 saturated heterocycles. The summed E-state index contributed by atoms with van der Waals surface area (Å²) in [6.07, 6.45) is 25.6. The van der Waals surface area contributed by atoms with Crippen molar-refractivity contribution >= 4 is 44.4 Å². The molecule has 0 atom stereocenters. The van der Waals surface area contributed by atoms with E-state index in [-0.39, 0.29) is 0 Å². The van der Waals surface area contributed by atoms with Crippen LogP contribution in [0.3, 0.4) is 0 Å². The molecule has 0 amide bonds. The van der Waals surface area contributed by atoms with E-state index in [0.717, 1.165) is 33.1 Å². The second-order valence-electron chi connectivity index (χ2n) is 7.31. The fourth-order valence-electron chi connectivity index (χ4n) is 2.99. The summed E-state index contributed by atoms with van der Waals surface area (Å²) in [5, 5.41) is 0. The van der Waals surface area contributed by atoms with Crippen molar-refractivity contribution in [2.45, 2.75) is 0 Å². The van der Waals surface area contributed by atoms with Gasteiger partial charge in [0, 0.05) is 43.4 Å². The van der Waals surface area contributed by atoms with Gasteiger partial charge in [0.15, 0.2) is 11.3 Å². The molecule has 8 aromatic rings. The lowest BCUT2D eigenvalue weighted by Crippen LogP contribution is -1.87. The molecule has 0 N–H and O–H groups in total. The van der Waals surface area contributed by atoms with E-state index in [0.29, 0.717) is 11.3 Å². The smallest absolute Gasteiger partial charge is 0.197 e. The molecule has 0 aliphatic carbocycles. The standard InChI is InChI=1S/C7H5N3.3C6H4N4/c1-2-8-5-7-6(1)9-3-4-10-7;2*1-5-6(10-3-7-1)2-8-4-9-5;1-2-8-6-5(7-1)9-3-4-10-6/h1-5H;3*1-4H. The Bertz CT molecular complexity index is 1410. The van der Waals surface area contributed by atoms with Gasteiger partial charge >= 0.3 is 0 Å². The number of nitrogens with zero attached hydrogens (tertiary/aromatic N) is 15. The summed E-state index contributed by atoms with van der Waals surface area (Å²) in [5.74, 6) is 0. The predicted octanol–water partition coefficient (Wildman–Crippen LogP) is 2.28. The molecule has 0 radical (unpaired) electrons. The van der Waals surface area contributed by atoms with E-state index in [1.54, 1.807) is 74.4 Å². The second-order valence-corrected chi connectivity index (χ2v) is 7.31. The van der Waals surface area contributed by atoms with Crippen LogP contribution in [-0.4, -0.2) is 74.8 Å². The van der Waals surface area contributed by atoms with Crippen molar-refractivity contribution in [1.29, 1.82) is 0 Å². The Hall–Kier alpha value is -6.25. The van der Waals surface area contributed by atoms with E-state index in [2.05, 4.69) is 74.8 Å². The summed E-state index contributed by atoms with van der Waals surface area (Å²) in [5.41, 5.74) is 6.00. The first-order chi connectivity index (χ1) is 19.9. The van der Waals surface area contributed by atoms with Crippen molar-refractivity contribution in [3.05, 3.63) is 106 Å². The van der Waals surface area contributed by atoms with Crippen LogP contribution in [-0.2, 0) is 0 Å². The molecule has 0 aliphatic heterocycles. The minimum absolute atomic E-state index is 0.588. The van der Waals surface area contributed by atoms with Crippen LogP contribution in [0, 0.1) is 0 Å². The van der Waals surface area contributed by atoms with Gasteiger partial charge in [-0.1, -0.05) is 0 Å². The molecule has 15 nitrogen and oxygen atoms in total. The Labute approximate surface area is 225 Å². The number of aromatic nitrogens is 15. The van der Waals surface area contributed by atoms with Gasteiger partial charge < -0.3 is 0 Å². The van der Waals surface area contributed by atoms with Gasteiger partial charge in [-0.2, -0.15) is 0 Å². The molecule has 0 aromatic carbocycles. The molecule has 0 fully saturated rings. The maximum absolute atomic E-state index is 4.08. The quantitative estimate of drug-likeness (QED) is 0.278. The first-order valence-corrected chi connectivity index (χ1v) is 11.5. The van der Waals surface area contributed by atoms with E-state index >= 15 is 0 Å². The molecular formula is C25H17N15. The van der Waals surface area contributed by atoms with Gasteiger partial charge in [-0.15, -0.1) is 0 Å². The summed E-state index contributed by atoms with van der Waals surface area (Å²) in [6.45, 7) is 0. The number of rotatable bonds is 0. The highest BCUT2D eigenvalue weighted by molar-refractivity contribution is 5.72. The van der Waals surface area contributed by atoms with Crippen molar-refractivity contribution in [3.63, 3.8) is 0 Å². The predicted molar refractivity (Wildman–Crippen MR) is 143 cm³/mol. The third-order valence-electron chi connectivity index (χ3n) is 4.76. The van der Waals surface area contributed by atoms with Crippen LogP contribution in [0.25, 0.3) is 44.4 Å². The zero-order valence-electron chi connectivity index (χ0n) is 20.5. The Morgan fingerprint density at radius 1 is 0.275 bits per heavy atom. The maximum Gasteiger partial charge on any atom is 0.197 e. The molecule has 0 bridgehead atoms. The second kappa shape index (κ2) is 13.3. The molecule has 192 valence electrons. The fraction of sp³-hybridized carbons (Fsp3) is 0. The molecule has 0 saturated carbocycles. The summed E-state index contributed by atoms with van der Waals surface area (Å²) in [4.78, 5) is 58.9. The first kappa shape index (κ1) is 25.4. The lowest BCUT2D eigenvalue weighted by atomic mass is 10.4. The number of pyridine rings is 1. The van der Waals surface area contributed by atoms with E-state index in [9.17, 15) is 0 Å². The Morgan fingerprint density at radius 2 is 0.600 bits per heavy atom. The maximum atomic E-state index is 4.08. The van der Waals surface area contributed by atoms with Crippen molar-refractivity contribution in [2.75, 3.05) is 0 Å². The third kappa shape index (κ3) is 6.94. The summed E-state index contributed by atoms with van der Waals surface area (Å²) in [7, 11) is 0. The summed E-state index contributed by atoms with van der Waals surface area (Å²) in [6, 6.07) is 1.84. The number of hydrogen-bond donors (Lipinski definition) is 0. The van der Waals surface area contributed by atoms with E-state index in [1.807, 2.05) is 6.07 Å². The van der Waals surface area contributed by atoms with Crippen LogP contribution >= 0.6 is 0 Å². The van der Waals surface area contributed by atoms with Crippen molar-refractivity contribution in [1.82, 2.24) is 74.8 Å². The highest BCUT2D eigenvalue weighted by Gasteiger charge is 1.93. The molecule has 8 rings (SSSR count). The largest absolute Gasteiger partial charge is 0.262 e.